The van der Waals surface area contributed by atoms with E-state index in [1.165, 1.54) is 11.8 Å². The second-order valence-electron chi connectivity index (χ2n) is 4.91. The zero-order valence-corrected chi connectivity index (χ0v) is 14.3. The highest BCUT2D eigenvalue weighted by atomic mass is 35.5. The van der Waals surface area contributed by atoms with E-state index in [9.17, 15) is 10.5 Å². The molecule has 0 aliphatic carbocycles. The highest BCUT2D eigenvalue weighted by Gasteiger charge is 2.17. The van der Waals surface area contributed by atoms with Gasteiger partial charge in [0.05, 0.1) is 21.8 Å². The average Bonchev–Trinajstić information content (AvgIpc) is 2.58. The number of nitrogens with one attached hydrogen (secondary N) is 1. The van der Waals surface area contributed by atoms with Crippen molar-refractivity contribution in [3.63, 3.8) is 0 Å². The first-order chi connectivity index (χ1) is 11.2. The fraction of sp³-hybridized carbons (Fsp3) is 0.222. The zero-order valence-electron chi connectivity index (χ0n) is 12.8. The normalized spacial score (nSPS) is 9.91. The van der Waals surface area contributed by atoms with E-state index in [0.29, 0.717) is 16.3 Å². The Morgan fingerprint density at radius 1 is 1.13 bits per heavy atom. The summed E-state index contributed by atoms with van der Waals surface area (Å²) in [5, 5.41) is 22.4. The average molecular weight is 342 g/mol. The third kappa shape index (κ3) is 4.20. The molecule has 2 rings (SSSR count). The number of nitrogens with zero attached hydrogens (tertiary/aromatic N) is 2. The summed E-state index contributed by atoms with van der Waals surface area (Å²) in [6.45, 7) is 2.86. The van der Waals surface area contributed by atoms with E-state index in [0.717, 1.165) is 29.2 Å². The Kier molecular flexibility index (Phi) is 6.35. The van der Waals surface area contributed by atoms with Crippen molar-refractivity contribution in [2.75, 3.05) is 11.9 Å². The number of unbranched alkanes of at least 4 members (excludes halogenated alkanes) is 1. The van der Waals surface area contributed by atoms with Crippen LogP contribution in [0.5, 0.6) is 0 Å². The molecular formula is C18H16ClN3S. The molecule has 2 aromatic rings. The number of benzene rings is 2. The van der Waals surface area contributed by atoms with Gasteiger partial charge in [-0.15, -0.1) is 0 Å². The van der Waals surface area contributed by atoms with Crippen LogP contribution in [0, 0.1) is 22.7 Å². The van der Waals surface area contributed by atoms with E-state index in [-0.39, 0.29) is 5.56 Å². The fourth-order valence-corrected chi connectivity index (χ4v) is 3.31. The predicted octanol–water partition coefficient (Wildman–Crippen LogP) is 5.45. The van der Waals surface area contributed by atoms with Crippen molar-refractivity contribution in [1.82, 2.24) is 0 Å². The van der Waals surface area contributed by atoms with E-state index in [2.05, 4.69) is 24.4 Å². The van der Waals surface area contributed by atoms with Crippen LogP contribution in [0.3, 0.4) is 0 Å². The molecule has 0 spiro atoms. The van der Waals surface area contributed by atoms with E-state index >= 15 is 0 Å². The summed E-state index contributed by atoms with van der Waals surface area (Å²) in [5.41, 5.74) is 1.21. The molecule has 0 atom stereocenters. The van der Waals surface area contributed by atoms with Crippen LogP contribution < -0.4 is 5.32 Å². The molecule has 0 aliphatic heterocycles. The van der Waals surface area contributed by atoms with Crippen molar-refractivity contribution in [2.24, 2.45) is 0 Å². The van der Waals surface area contributed by atoms with Gasteiger partial charge < -0.3 is 5.32 Å². The van der Waals surface area contributed by atoms with Gasteiger partial charge in [-0.25, -0.2) is 0 Å². The molecule has 0 radical (unpaired) electrons. The minimum absolute atomic E-state index is 0.231. The summed E-state index contributed by atoms with van der Waals surface area (Å²) >= 11 is 7.84. The molecule has 23 heavy (non-hydrogen) atoms. The number of halogens is 1. The quantitative estimate of drug-likeness (QED) is 0.710. The van der Waals surface area contributed by atoms with E-state index < -0.39 is 0 Å². The number of hydrogen-bond acceptors (Lipinski definition) is 4. The van der Waals surface area contributed by atoms with Crippen LogP contribution in [-0.4, -0.2) is 6.54 Å². The molecule has 0 amide bonds. The molecular weight excluding hydrogens is 326 g/mol. The lowest BCUT2D eigenvalue weighted by molar-refractivity contribution is 0.834. The van der Waals surface area contributed by atoms with Gasteiger partial charge >= 0.3 is 0 Å². The largest absolute Gasteiger partial charge is 0.384 e. The van der Waals surface area contributed by atoms with Crippen LogP contribution >= 0.6 is 23.4 Å². The molecule has 0 saturated carbocycles. The Morgan fingerprint density at radius 3 is 2.43 bits per heavy atom. The lowest BCUT2D eigenvalue weighted by Crippen LogP contribution is -2.05. The number of rotatable bonds is 6. The monoisotopic (exact) mass is 341 g/mol. The van der Waals surface area contributed by atoms with Gasteiger partial charge in [-0.1, -0.05) is 54.9 Å². The molecule has 0 saturated heterocycles. The van der Waals surface area contributed by atoms with Gasteiger partial charge in [-0.3, -0.25) is 0 Å². The van der Waals surface area contributed by atoms with Crippen molar-refractivity contribution < 1.29 is 0 Å². The second-order valence-corrected chi connectivity index (χ2v) is 6.40. The third-order valence-electron chi connectivity index (χ3n) is 3.27. The first-order valence-corrected chi connectivity index (χ1v) is 8.54. The Balaban J connectivity index is 2.44. The molecule has 3 nitrogen and oxygen atoms in total. The van der Waals surface area contributed by atoms with Crippen LogP contribution in [0.1, 0.15) is 30.9 Å². The topological polar surface area (TPSA) is 59.6 Å². The van der Waals surface area contributed by atoms with Gasteiger partial charge in [0.2, 0.25) is 0 Å². The van der Waals surface area contributed by atoms with Crippen molar-refractivity contribution in [3.8, 4) is 12.1 Å². The van der Waals surface area contributed by atoms with Crippen LogP contribution in [-0.2, 0) is 0 Å². The lowest BCUT2D eigenvalue weighted by Gasteiger charge is -2.13. The van der Waals surface area contributed by atoms with Crippen LogP contribution in [0.15, 0.2) is 46.2 Å². The summed E-state index contributed by atoms with van der Waals surface area (Å²) < 4.78 is 0. The van der Waals surface area contributed by atoms with Crippen molar-refractivity contribution >= 4 is 29.1 Å². The number of anilines is 1. The summed E-state index contributed by atoms with van der Waals surface area (Å²) in [6, 6.07) is 15.8. The fourth-order valence-electron chi connectivity index (χ4n) is 2.08. The summed E-state index contributed by atoms with van der Waals surface area (Å²) in [7, 11) is 0. The summed E-state index contributed by atoms with van der Waals surface area (Å²) in [4.78, 5) is 1.80. The molecule has 0 aliphatic rings. The summed E-state index contributed by atoms with van der Waals surface area (Å²) in [5.74, 6) is 0. The Hall–Kier alpha value is -2.14. The van der Waals surface area contributed by atoms with Crippen molar-refractivity contribution in [3.05, 3.63) is 52.5 Å². The maximum atomic E-state index is 9.39. The molecule has 2 aromatic carbocycles. The molecule has 0 aromatic heterocycles. The van der Waals surface area contributed by atoms with Crippen molar-refractivity contribution in [1.29, 1.82) is 10.5 Å². The van der Waals surface area contributed by atoms with Gasteiger partial charge in [0.15, 0.2) is 0 Å². The van der Waals surface area contributed by atoms with Crippen LogP contribution in [0.2, 0.25) is 5.02 Å². The first-order valence-electron chi connectivity index (χ1n) is 7.34. The van der Waals surface area contributed by atoms with E-state index in [1.807, 2.05) is 36.4 Å². The smallest absolute Gasteiger partial charge is 0.103 e. The molecule has 5 heteroatoms. The molecule has 0 fully saturated rings. The lowest BCUT2D eigenvalue weighted by atomic mass is 10.1. The maximum absolute atomic E-state index is 9.39. The maximum Gasteiger partial charge on any atom is 0.103 e. The van der Waals surface area contributed by atoms with Gasteiger partial charge in [0.1, 0.15) is 12.1 Å². The second kappa shape index (κ2) is 8.48. The molecule has 1 N–H and O–H groups in total. The van der Waals surface area contributed by atoms with E-state index in [4.69, 9.17) is 11.6 Å². The highest BCUT2D eigenvalue weighted by molar-refractivity contribution is 7.99. The molecule has 0 heterocycles. The third-order valence-corrected chi connectivity index (χ3v) is 4.83. The van der Waals surface area contributed by atoms with Crippen molar-refractivity contribution in [2.45, 2.75) is 29.6 Å². The minimum Gasteiger partial charge on any atom is -0.384 e. The number of nitriles is 2. The van der Waals surface area contributed by atoms with Gasteiger partial charge in [-0.2, -0.15) is 10.5 Å². The minimum atomic E-state index is 0.231. The van der Waals surface area contributed by atoms with Crippen LogP contribution in [0.25, 0.3) is 0 Å². The van der Waals surface area contributed by atoms with Gasteiger partial charge in [0.25, 0.3) is 0 Å². The predicted molar refractivity (Wildman–Crippen MR) is 94.8 cm³/mol. The SMILES string of the molecule is CCCCNc1cc(Sc2ccccc2)c(Cl)c(C#N)c1C#N. The first kappa shape index (κ1) is 17.2. The molecule has 0 unspecified atom stereocenters. The molecule has 116 valence electrons. The Morgan fingerprint density at radius 2 is 1.83 bits per heavy atom. The Bertz CT molecular complexity index is 761. The van der Waals surface area contributed by atoms with Gasteiger partial charge in [0, 0.05) is 16.3 Å². The highest BCUT2D eigenvalue weighted by Crippen LogP contribution is 2.39. The van der Waals surface area contributed by atoms with Crippen LogP contribution in [0.4, 0.5) is 5.69 Å². The number of hydrogen-bond donors (Lipinski definition) is 1. The van der Waals surface area contributed by atoms with E-state index in [1.54, 1.807) is 0 Å². The van der Waals surface area contributed by atoms with Gasteiger partial charge in [-0.05, 0) is 24.6 Å². The molecule has 0 bridgehead atoms. The summed E-state index contributed by atoms with van der Waals surface area (Å²) in [6.07, 6.45) is 2.05. The standard InChI is InChI=1S/C18H16ClN3S/c1-2-3-9-22-16-10-17(23-13-7-5-4-6-8-13)18(19)15(12-21)14(16)11-20/h4-8,10,22H,2-3,9H2,1H3. The zero-order chi connectivity index (χ0) is 16.7. The Labute approximate surface area is 145 Å².